The second kappa shape index (κ2) is 9.91. The van der Waals surface area contributed by atoms with Crippen LogP contribution in [-0.4, -0.2) is 55.8 Å². The van der Waals surface area contributed by atoms with Crippen LogP contribution in [0.15, 0.2) is 36.4 Å². The summed E-state index contributed by atoms with van der Waals surface area (Å²) in [6, 6.07) is 11.1. The van der Waals surface area contributed by atoms with Gasteiger partial charge in [-0.25, -0.2) is 4.79 Å². The van der Waals surface area contributed by atoms with Gasteiger partial charge in [-0.3, -0.25) is 4.79 Å². The van der Waals surface area contributed by atoms with E-state index in [0.717, 1.165) is 36.4 Å². The molecule has 0 amide bonds. The van der Waals surface area contributed by atoms with E-state index in [1.165, 1.54) is 4.68 Å². The SMILES string of the molecule is Cc1nnnn1/C(=C\c1ccccc1)C(=O)OCC(=O)c1cc(C)n(CC2CCCO2)c1C. The van der Waals surface area contributed by atoms with Crippen molar-refractivity contribution in [2.75, 3.05) is 13.2 Å². The molecule has 1 unspecified atom stereocenters. The van der Waals surface area contributed by atoms with Crippen molar-refractivity contribution in [2.45, 2.75) is 46.3 Å². The third kappa shape index (κ3) is 5.09. The first-order chi connectivity index (χ1) is 15.9. The Morgan fingerprint density at radius 2 is 2.00 bits per heavy atom. The number of nitrogens with zero attached hydrogens (tertiary/aromatic N) is 5. The maximum atomic E-state index is 12.9. The average Bonchev–Trinajstić information content (AvgIpc) is 3.54. The van der Waals surface area contributed by atoms with Crippen molar-refractivity contribution in [3.8, 4) is 0 Å². The van der Waals surface area contributed by atoms with Gasteiger partial charge in [0.1, 0.15) is 0 Å². The number of ketones is 1. The molecule has 172 valence electrons. The predicted octanol–water partition coefficient (Wildman–Crippen LogP) is 3.00. The minimum absolute atomic E-state index is 0.125. The minimum atomic E-state index is -0.684. The highest BCUT2D eigenvalue weighted by atomic mass is 16.5. The van der Waals surface area contributed by atoms with Gasteiger partial charge in [0.2, 0.25) is 5.78 Å². The summed E-state index contributed by atoms with van der Waals surface area (Å²) in [7, 11) is 0. The molecule has 33 heavy (non-hydrogen) atoms. The number of tetrazole rings is 1. The highest BCUT2D eigenvalue weighted by Crippen LogP contribution is 2.21. The summed E-state index contributed by atoms with van der Waals surface area (Å²) in [6.45, 7) is 6.67. The normalized spacial score (nSPS) is 16.2. The number of hydrogen-bond acceptors (Lipinski definition) is 7. The molecule has 9 nitrogen and oxygen atoms in total. The lowest BCUT2D eigenvalue weighted by Crippen LogP contribution is -2.20. The number of carbonyl (C=O) groups excluding carboxylic acids is 2. The van der Waals surface area contributed by atoms with Gasteiger partial charge >= 0.3 is 5.97 Å². The summed E-state index contributed by atoms with van der Waals surface area (Å²) in [6.07, 6.45) is 3.88. The number of ether oxygens (including phenoxy) is 2. The summed E-state index contributed by atoms with van der Waals surface area (Å²) in [5.41, 5.74) is 3.28. The van der Waals surface area contributed by atoms with Gasteiger partial charge in [0.25, 0.3) is 0 Å². The zero-order chi connectivity index (χ0) is 23.4. The van der Waals surface area contributed by atoms with Crippen LogP contribution in [0.3, 0.4) is 0 Å². The summed E-state index contributed by atoms with van der Waals surface area (Å²) >= 11 is 0. The highest BCUT2D eigenvalue weighted by molar-refractivity contribution is 6.16. The Hall–Kier alpha value is -3.59. The van der Waals surface area contributed by atoms with Crippen LogP contribution >= 0.6 is 0 Å². The van der Waals surface area contributed by atoms with Crippen LogP contribution in [-0.2, 0) is 20.8 Å². The fourth-order valence-electron chi connectivity index (χ4n) is 4.01. The van der Waals surface area contributed by atoms with Gasteiger partial charge in [0, 0.05) is 30.1 Å². The van der Waals surface area contributed by atoms with E-state index in [0.29, 0.717) is 17.9 Å². The molecule has 0 saturated carbocycles. The summed E-state index contributed by atoms with van der Waals surface area (Å²) in [4.78, 5) is 25.9. The van der Waals surface area contributed by atoms with Gasteiger partial charge in [0.05, 0.1) is 6.10 Å². The van der Waals surface area contributed by atoms with Gasteiger partial charge in [-0.1, -0.05) is 30.3 Å². The van der Waals surface area contributed by atoms with Gasteiger partial charge < -0.3 is 14.0 Å². The van der Waals surface area contributed by atoms with Gasteiger partial charge in [-0.05, 0) is 61.7 Å². The topological polar surface area (TPSA) is 101 Å². The Labute approximate surface area is 192 Å². The molecular formula is C24H27N5O4. The average molecular weight is 450 g/mol. The molecule has 0 aliphatic carbocycles. The molecule has 3 aromatic rings. The number of benzene rings is 1. The van der Waals surface area contributed by atoms with E-state index in [1.54, 1.807) is 13.0 Å². The molecule has 0 bridgehead atoms. The van der Waals surface area contributed by atoms with E-state index in [9.17, 15) is 9.59 Å². The van der Waals surface area contributed by atoms with Crippen molar-refractivity contribution in [2.24, 2.45) is 0 Å². The lowest BCUT2D eigenvalue weighted by Gasteiger charge is -2.14. The first-order valence-corrected chi connectivity index (χ1v) is 10.9. The molecule has 1 aromatic carbocycles. The van der Waals surface area contributed by atoms with E-state index in [1.807, 2.05) is 50.2 Å². The number of aryl methyl sites for hydroxylation is 2. The fraction of sp³-hybridized carbons (Fsp3) is 0.375. The molecule has 1 saturated heterocycles. The quantitative estimate of drug-likeness (QED) is 0.296. The largest absolute Gasteiger partial charge is 0.453 e. The molecule has 1 aliphatic heterocycles. The molecule has 4 rings (SSSR count). The number of hydrogen-bond donors (Lipinski definition) is 0. The van der Waals surface area contributed by atoms with Crippen LogP contribution in [0.2, 0.25) is 0 Å². The monoisotopic (exact) mass is 449 g/mol. The van der Waals surface area contributed by atoms with E-state index in [2.05, 4.69) is 20.1 Å². The van der Waals surface area contributed by atoms with Crippen LogP contribution in [0.5, 0.6) is 0 Å². The lowest BCUT2D eigenvalue weighted by atomic mass is 10.1. The van der Waals surface area contributed by atoms with Crippen LogP contribution in [0.1, 0.15) is 46.0 Å². The highest BCUT2D eigenvalue weighted by Gasteiger charge is 2.23. The van der Waals surface area contributed by atoms with Crippen molar-refractivity contribution in [1.82, 2.24) is 24.8 Å². The van der Waals surface area contributed by atoms with E-state index in [-0.39, 0.29) is 24.2 Å². The molecule has 1 fully saturated rings. The summed E-state index contributed by atoms with van der Waals surface area (Å²) in [5.74, 6) is -0.517. The second-order valence-corrected chi connectivity index (χ2v) is 8.11. The third-order valence-corrected chi connectivity index (χ3v) is 5.78. The Kier molecular flexibility index (Phi) is 6.79. The number of carbonyl (C=O) groups is 2. The first-order valence-electron chi connectivity index (χ1n) is 10.9. The summed E-state index contributed by atoms with van der Waals surface area (Å²) in [5, 5.41) is 11.3. The first kappa shape index (κ1) is 22.6. The molecule has 0 spiro atoms. The number of aromatic nitrogens is 5. The van der Waals surface area contributed by atoms with Gasteiger partial charge in [-0.2, -0.15) is 4.68 Å². The zero-order valence-corrected chi connectivity index (χ0v) is 19.0. The van der Waals surface area contributed by atoms with Crippen molar-refractivity contribution >= 4 is 23.5 Å². The third-order valence-electron chi connectivity index (χ3n) is 5.78. The Balaban J connectivity index is 1.49. The molecule has 1 atom stereocenters. The molecule has 3 heterocycles. The number of Topliss-reactive ketones (excluding diaryl/α,β-unsaturated/α-hetero) is 1. The van der Waals surface area contributed by atoms with Crippen molar-refractivity contribution < 1.29 is 19.1 Å². The van der Waals surface area contributed by atoms with Crippen LogP contribution in [0.4, 0.5) is 0 Å². The lowest BCUT2D eigenvalue weighted by molar-refractivity contribution is -0.136. The van der Waals surface area contributed by atoms with Gasteiger partial charge in [-0.15, -0.1) is 5.10 Å². The molecule has 1 aliphatic rings. The molecular weight excluding hydrogens is 422 g/mol. The number of esters is 1. The van der Waals surface area contributed by atoms with Crippen molar-refractivity contribution in [3.63, 3.8) is 0 Å². The standard InChI is InChI=1S/C24H27N5O4/c1-16-12-21(17(2)28(16)14-20-10-7-11-32-20)23(30)15-33-24(31)22(29-18(3)25-26-27-29)13-19-8-5-4-6-9-19/h4-6,8-9,12-13,20H,7,10-11,14-15H2,1-3H3/b22-13-. The predicted molar refractivity (Wildman–Crippen MR) is 121 cm³/mol. The van der Waals surface area contributed by atoms with Gasteiger partial charge in [0.15, 0.2) is 18.1 Å². The maximum absolute atomic E-state index is 12.9. The molecule has 0 N–H and O–H groups in total. The maximum Gasteiger partial charge on any atom is 0.357 e. The Bertz CT molecular complexity index is 1170. The van der Waals surface area contributed by atoms with E-state index >= 15 is 0 Å². The Morgan fingerprint density at radius 1 is 1.21 bits per heavy atom. The van der Waals surface area contributed by atoms with Crippen LogP contribution in [0.25, 0.3) is 11.8 Å². The van der Waals surface area contributed by atoms with Crippen LogP contribution < -0.4 is 0 Å². The minimum Gasteiger partial charge on any atom is -0.453 e. The Morgan fingerprint density at radius 3 is 2.67 bits per heavy atom. The smallest absolute Gasteiger partial charge is 0.357 e. The second-order valence-electron chi connectivity index (χ2n) is 8.11. The van der Waals surface area contributed by atoms with E-state index < -0.39 is 5.97 Å². The van der Waals surface area contributed by atoms with Crippen LogP contribution in [0, 0.1) is 20.8 Å². The molecule has 9 heteroatoms. The summed E-state index contributed by atoms with van der Waals surface area (Å²) < 4.78 is 14.5. The van der Waals surface area contributed by atoms with Crippen molar-refractivity contribution in [3.05, 3.63) is 64.7 Å². The molecule has 2 aromatic heterocycles. The fourth-order valence-corrected chi connectivity index (χ4v) is 4.01. The number of rotatable bonds is 8. The van der Waals surface area contributed by atoms with E-state index in [4.69, 9.17) is 9.47 Å². The zero-order valence-electron chi connectivity index (χ0n) is 19.0. The molecule has 0 radical (unpaired) electrons. The van der Waals surface area contributed by atoms with Crippen molar-refractivity contribution in [1.29, 1.82) is 0 Å².